The van der Waals surface area contributed by atoms with Gasteiger partial charge in [0.2, 0.25) is 0 Å². The lowest BCUT2D eigenvalue weighted by molar-refractivity contribution is -0.141. The van der Waals surface area contributed by atoms with Crippen molar-refractivity contribution in [2.45, 2.75) is 76.0 Å². The van der Waals surface area contributed by atoms with Crippen molar-refractivity contribution in [3.63, 3.8) is 0 Å². The van der Waals surface area contributed by atoms with Crippen LogP contribution in [0.1, 0.15) is 57.8 Å². The molecule has 130 valence electrons. The van der Waals surface area contributed by atoms with Crippen LogP contribution < -0.4 is 0 Å². The van der Waals surface area contributed by atoms with Crippen molar-refractivity contribution in [3.05, 3.63) is 0 Å². The minimum atomic E-state index is 0.539. The summed E-state index contributed by atoms with van der Waals surface area (Å²) in [6.07, 6.45) is 13.7. The lowest BCUT2D eigenvalue weighted by Crippen LogP contribution is -2.68. The van der Waals surface area contributed by atoms with E-state index in [1.165, 1.54) is 51.7 Å². The molecule has 3 nitrogen and oxygen atoms in total. The zero-order valence-electron chi connectivity index (χ0n) is 15.1. The molecule has 23 heavy (non-hydrogen) atoms. The van der Waals surface area contributed by atoms with Crippen molar-refractivity contribution in [2.75, 3.05) is 33.8 Å². The summed E-state index contributed by atoms with van der Waals surface area (Å²) in [5.41, 5.74) is 1.58. The Hall–Kier alpha value is -0.120. The van der Waals surface area contributed by atoms with E-state index in [1.54, 1.807) is 25.7 Å². The highest BCUT2D eigenvalue weighted by Gasteiger charge is 2.56. The summed E-state index contributed by atoms with van der Waals surface area (Å²) < 4.78 is 5.43. The predicted molar refractivity (Wildman–Crippen MR) is 92.5 cm³/mol. The molecule has 0 amide bonds. The standard InChI is InChI=1S/C20H34N2O/c1-21(16-6-18(7-16)23-2)17-10-20(11-17)13-22(14-20)12-15-8-19(9-15)4-3-5-19/h15-18H,3-14H2,1-2H3. The Kier molecular flexibility index (Phi) is 3.42. The van der Waals surface area contributed by atoms with Gasteiger partial charge >= 0.3 is 0 Å². The van der Waals surface area contributed by atoms with Crippen LogP contribution in [-0.2, 0) is 4.74 Å². The topological polar surface area (TPSA) is 15.7 Å². The van der Waals surface area contributed by atoms with Gasteiger partial charge in [-0.1, -0.05) is 6.42 Å². The van der Waals surface area contributed by atoms with Crippen molar-refractivity contribution in [2.24, 2.45) is 16.7 Å². The molecule has 3 heteroatoms. The average Bonchev–Trinajstić information content (AvgIpc) is 2.28. The van der Waals surface area contributed by atoms with Crippen LogP contribution in [0.25, 0.3) is 0 Å². The van der Waals surface area contributed by atoms with Crippen LogP contribution in [0, 0.1) is 16.7 Å². The van der Waals surface area contributed by atoms with E-state index >= 15 is 0 Å². The van der Waals surface area contributed by atoms with Crippen LogP contribution in [0.2, 0.25) is 0 Å². The highest BCUT2D eigenvalue weighted by Crippen LogP contribution is 2.59. The van der Waals surface area contributed by atoms with Crippen LogP contribution in [0.4, 0.5) is 0 Å². The fourth-order valence-corrected chi connectivity index (χ4v) is 6.62. The zero-order valence-corrected chi connectivity index (χ0v) is 15.1. The molecule has 0 aromatic heterocycles. The average molecular weight is 319 g/mol. The molecule has 2 spiro atoms. The van der Waals surface area contributed by atoms with E-state index in [0.29, 0.717) is 6.10 Å². The molecular weight excluding hydrogens is 284 g/mol. The summed E-state index contributed by atoms with van der Waals surface area (Å²) >= 11 is 0. The minimum absolute atomic E-state index is 0.539. The first-order valence-electron chi connectivity index (χ1n) is 10.1. The molecule has 0 bridgehead atoms. The monoisotopic (exact) mass is 318 g/mol. The van der Waals surface area contributed by atoms with Gasteiger partial charge < -0.3 is 14.5 Å². The summed E-state index contributed by atoms with van der Waals surface area (Å²) in [5, 5.41) is 0. The van der Waals surface area contributed by atoms with E-state index in [4.69, 9.17) is 4.74 Å². The van der Waals surface area contributed by atoms with Gasteiger partial charge in [0, 0.05) is 38.8 Å². The van der Waals surface area contributed by atoms with Gasteiger partial charge in [-0.3, -0.25) is 0 Å². The summed E-state index contributed by atoms with van der Waals surface area (Å²) in [6.45, 7) is 4.24. The Morgan fingerprint density at radius 3 is 2.26 bits per heavy atom. The molecule has 0 aromatic carbocycles. The second kappa shape index (κ2) is 5.19. The lowest BCUT2D eigenvalue weighted by atomic mass is 9.51. The Morgan fingerprint density at radius 1 is 1.00 bits per heavy atom. The lowest BCUT2D eigenvalue weighted by Gasteiger charge is -2.64. The predicted octanol–water partition coefficient (Wildman–Crippen LogP) is 3.14. The Bertz CT molecular complexity index is 446. The summed E-state index contributed by atoms with van der Waals surface area (Å²) in [7, 11) is 4.22. The number of rotatable bonds is 5. The van der Waals surface area contributed by atoms with Crippen molar-refractivity contribution in [1.82, 2.24) is 9.80 Å². The van der Waals surface area contributed by atoms with Gasteiger partial charge in [-0.05, 0) is 75.2 Å². The van der Waals surface area contributed by atoms with Crippen LogP contribution in [0.15, 0.2) is 0 Å². The number of nitrogens with zero attached hydrogens (tertiary/aromatic N) is 2. The van der Waals surface area contributed by atoms with E-state index in [9.17, 15) is 0 Å². The zero-order chi connectivity index (χ0) is 15.7. The normalized spacial score (nSPS) is 41.1. The first kappa shape index (κ1) is 15.2. The van der Waals surface area contributed by atoms with Crippen LogP contribution in [0.5, 0.6) is 0 Å². The molecule has 4 aliphatic carbocycles. The molecular formula is C20H34N2O. The number of methoxy groups -OCH3 is 1. The third-order valence-corrected chi connectivity index (χ3v) is 8.38. The van der Waals surface area contributed by atoms with Gasteiger partial charge in [-0.15, -0.1) is 0 Å². The highest BCUT2D eigenvalue weighted by molar-refractivity contribution is 5.09. The number of ether oxygens (including phenoxy) is 1. The molecule has 1 aliphatic heterocycles. The number of hydrogen-bond acceptors (Lipinski definition) is 3. The largest absolute Gasteiger partial charge is 0.381 e. The third kappa shape index (κ3) is 2.41. The Balaban J connectivity index is 1.01. The molecule has 4 saturated carbocycles. The van der Waals surface area contributed by atoms with Crippen molar-refractivity contribution in [3.8, 4) is 0 Å². The van der Waals surface area contributed by atoms with Crippen molar-refractivity contribution in [1.29, 1.82) is 0 Å². The van der Waals surface area contributed by atoms with Gasteiger partial charge in [0.15, 0.2) is 0 Å². The van der Waals surface area contributed by atoms with Gasteiger partial charge in [-0.25, -0.2) is 0 Å². The van der Waals surface area contributed by atoms with Crippen LogP contribution in [0.3, 0.4) is 0 Å². The first-order valence-corrected chi connectivity index (χ1v) is 10.1. The molecule has 1 heterocycles. The molecule has 0 atom stereocenters. The second-order valence-corrected chi connectivity index (χ2v) is 10.0. The van der Waals surface area contributed by atoms with E-state index < -0.39 is 0 Å². The molecule has 0 unspecified atom stereocenters. The first-order chi connectivity index (χ1) is 11.1. The molecule has 5 rings (SSSR count). The van der Waals surface area contributed by atoms with Gasteiger partial charge in [-0.2, -0.15) is 0 Å². The van der Waals surface area contributed by atoms with Crippen molar-refractivity contribution < 1.29 is 4.74 Å². The maximum atomic E-state index is 5.43. The molecule has 0 N–H and O–H groups in total. The summed E-state index contributed by atoms with van der Waals surface area (Å²) in [4.78, 5) is 5.45. The fraction of sp³-hybridized carbons (Fsp3) is 1.00. The fourth-order valence-electron chi connectivity index (χ4n) is 6.62. The summed E-state index contributed by atoms with van der Waals surface area (Å²) in [5.74, 6) is 1.05. The summed E-state index contributed by atoms with van der Waals surface area (Å²) in [6, 6.07) is 1.66. The molecule has 5 aliphatic rings. The van der Waals surface area contributed by atoms with E-state index in [2.05, 4.69) is 16.8 Å². The van der Waals surface area contributed by atoms with E-state index in [-0.39, 0.29) is 0 Å². The van der Waals surface area contributed by atoms with E-state index in [0.717, 1.165) is 28.8 Å². The minimum Gasteiger partial charge on any atom is -0.381 e. The number of likely N-dealkylation sites (tertiary alicyclic amines) is 1. The maximum Gasteiger partial charge on any atom is 0.0601 e. The maximum absolute atomic E-state index is 5.43. The molecule has 1 saturated heterocycles. The number of hydrogen-bond donors (Lipinski definition) is 0. The Labute approximate surface area is 141 Å². The smallest absolute Gasteiger partial charge is 0.0601 e. The van der Waals surface area contributed by atoms with Crippen LogP contribution in [-0.4, -0.2) is 61.8 Å². The van der Waals surface area contributed by atoms with Crippen LogP contribution >= 0.6 is 0 Å². The SMILES string of the molecule is COC1CC(N(C)C2CC3(C2)CN(CC2CC4(CCC4)C2)C3)C1. The highest BCUT2D eigenvalue weighted by atomic mass is 16.5. The molecule has 0 radical (unpaired) electrons. The molecule has 0 aromatic rings. The third-order valence-electron chi connectivity index (χ3n) is 8.38. The van der Waals surface area contributed by atoms with E-state index in [1.807, 2.05) is 7.11 Å². The quantitative estimate of drug-likeness (QED) is 0.774. The van der Waals surface area contributed by atoms with Gasteiger partial charge in [0.05, 0.1) is 6.10 Å². The Morgan fingerprint density at radius 2 is 1.70 bits per heavy atom. The van der Waals surface area contributed by atoms with Crippen molar-refractivity contribution >= 4 is 0 Å². The molecule has 5 fully saturated rings. The van der Waals surface area contributed by atoms with Gasteiger partial charge in [0.25, 0.3) is 0 Å². The second-order valence-electron chi connectivity index (χ2n) is 10.0. The van der Waals surface area contributed by atoms with Gasteiger partial charge in [0.1, 0.15) is 0 Å².